The predicted molar refractivity (Wildman–Crippen MR) is 116 cm³/mol. The zero-order valence-corrected chi connectivity index (χ0v) is 17.6. The van der Waals surface area contributed by atoms with Crippen molar-refractivity contribution in [1.82, 2.24) is 9.80 Å². The van der Waals surface area contributed by atoms with Gasteiger partial charge >= 0.3 is 0 Å². The fourth-order valence-corrected chi connectivity index (χ4v) is 3.85. The number of ether oxygens (including phenoxy) is 2. The molecule has 1 N–H and O–H groups in total. The van der Waals surface area contributed by atoms with Crippen molar-refractivity contribution in [2.45, 2.75) is 6.04 Å². The van der Waals surface area contributed by atoms with E-state index >= 15 is 0 Å². The molecule has 0 amide bonds. The van der Waals surface area contributed by atoms with Crippen LogP contribution >= 0.6 is 11.6 Å². The average molecular weight is 419 g/mol. The molecule has 3 rings (SSSR count). The first-order valence-corrected chi connectivity index (χ1v) is 10.7. The fraction of sp³-hybridized carbons (Fsp3) is 0.478. The van der Waals surface area contributed by atoms with Gasteiger partial charge in [-0.1, -0.05) is 54.1 Å². The molecule has 1 atom stereocenters. The molecule has 5 nitrogen and oxygen atoms in total. The van der Waals surface area contributed by atoms with Crippen LogP contribution in [0.1, 0.15) is 17.2 Å². The number of benzene rings is 2. The summed E-state index contributed by atoms with van der Waals surface area (Å²) in [5.74, 6) is 0. The Labute approximate surface area is 178 Å². The summed E-state index contributed by atoms with van der Waals surface area (Å²) in [5, 5.41) is 9.45. The molecule has 1 aliphatic heterocycles. The number of halogens is 1. The maximum absolute atomic E-state index is 8.67. The summed E-state index contributed by atoms with van der Waals surface area (Å²) < 4.78 is 10.8. The Morgan fingerprint density at radius 2 is 1.41 bits per heavy atom. The van der Waals surface area contributed by atoms with E-state index in [0.29, 0.717) is 26.4 Å². The minimum absolute atomic E-state index is 0.0598. The molecule has 1 saturated heterocycles. The highest BCUT2D eigenvalue weighted by molar-refractivity contribution is 6.30. The third-order valence-electron chi connectivity index (χ3n) is 5.23. The van der Waals surface area contributed by atoms with Gasteiger partial charge in [0, 0.05) is 37.7 Å². The van der Waals surface area contributed by atoms with Crippen molar-refractivity contribution in [1.29, 1.82) is 0 Å². The van der Waals surface area contributed by atoms with Crippen molar-refractivity contribution in [2.24, 2.45) is 0 Å². The number of hydrogen-bond acceptors (Lipinski definition) is 5. The van der Waals surface area contributed by atoms with Gasteiger partial charge in [-0.25, -0.2) is 0 Å². The van der Waals surface area contributed by atoms with E-state index in [9.17, 15) is 0 Å². The molecule has 0 radical (unpaired) electrons. The van der Waals surface area contributed by atoms with Gasteiger partial charge in [0.1, 0.15) is 0 Å². The van der Waals surface area contributed by atoms with Crippen molar-refractivity contribution in [3.63, 3.8) is 0 Å². The van der Waals surface area contributed by atoms with Gasteiger partial charge in [-0.3, -0.25) is 9.80 Å². The van der Waals surface area contributed by atoms with Crippen LogP contribution in [-0.2, 0) is 9.47 Å². The van der Waals surface area contributed by atoms with E-state index in [-0.39, 0.29) is 12.6 Å². The number of nitrogens with zero attached hydrogens (tertiary/aromatic N) is 2. The average Bonchev–Trinajstić information content (AvgIpc) is 2.76. The highest BCUT2D eigenvalue weighted by Crippen LogP contribution is 2.30. The van der Waals surface area contributed by atoms with Crippen LogP contribution in [0.3, 0.4) is 0 Å². The summed E-state index contributed by atoms with van der Waals surface area (Å²) in [6, 6.07) is 19.2. The molecule has 2 aromatic carbocycles. The SMILES string of the molecule is OCCOCCOCCN1CCN(C(c2ccccc2)c2ccc(Cl)cc2)CC1. The minimum atomic E-state index is 0.0598. The second-order valence-corrected chi connectivity index (χ2v) is 7.63. The van der Waals surface area contributed by atoms with Gasteiger partial charge in [0.2, 0.25) is 0 Å². The lowest BCUT2D eigenvalue weighted by atomic mass is 9.96. The fourth-order valence-electron chi connectivity index (χ4n) is 3.72. The topological polar surface area (TPSA) is 45.2 Å². The van der Waals surface area contributed by atoms with Crippen LogP contribution in [0.15, 0.2) is 54.6 Å². The minimum Gasteiger partial charge on any atom is -0.394 e. The molecule has 0 aliphatic carbocycles. The number of aliphatic hydroxyl groups excluding tert-OH is 1. The molecule has 6 heteroatoms. The van der Waals surface area contributed by atoms with E-state index in [1.165, 1.54) is 11.1 Å². The van der Waals surface area contributed by atoms with Gasteiger partial charge in [0.05, 0.1) is 39.1 Å². The first kappa shape index (κ1) is 22.2. The Bertz CT molecular complexity index is 691. The molecule has 1 fully saturated rings. The Morgan fingerprint density at radius 3 is 2.07 bits per heavy atom. The van der Waals surface area contributed by atoms with Crippen molar-refractivity contribution in [2.75, 3.05) is 65.8 Å². The number of hydrogen-bond donors (Lipinski definition) is 1. The molecular weight excluding hydrogens is 388 g/mol. The van der Waals surface area contributed by atoms with Crippen LogP contribution in [0, 0.1) is 0 Å². The van der Waals surface area contributed by atoms with Gasteiger partial charge in [-0.2, -0.15) is 0 Å². The molecule has 158 valence electrons. The van der Waals surface area contributed by atoms with Crippen LogP contribution < -0.4 is 0 Å². The van der Waals surface area contributed by atoms with Gasteiger partial charge < -0.3 is 14.6 Å². The van der Waals surface area contributed by atoms with Gasteiger partial charge in [-0.05, 0) is 23.3 Å². The lowest BCUT2D eigenvalue weighted by Crippen LogP contribution is -2.48. The van der Waals surface area contributed by atoms with E-state index in [0.717, 1.165) is 37.7 Å². The van der Waals surface area contributed by atoms with Gasteiger partial charge in [0.25, 0.3) is 0 Å². The van der Waals surface area contributed by atoms with Crippen molar-refractivity contribution >= 4 is 11.6 Å². The maximum atomic E-state index is 8.67. The highest BCUT2D eigenvalue weighted by atomic mass is 35.5. The molecule has 0 spiro atoms. The molecule has 0 saturated carbocycles. The lowest BCUT2D eigenvalue weighted by Gasteiger charge is -2.39. The summed E-state index contributed by atoms with van der Waals surface area (Å²) in [6.45, 7) is 7.28. The molecule has 2 aromatic rings. The molecule has 1 heterocycles. The van der Waals surface area contributed by atoms with Crippen LogP contribution in [-0.4, -0.2) is 80.7 Å². The summed E-state index contributed by atoms with van der Waals surface area (Å²) in [4.78, 5) is 5.01. The van der Waals surface area contributed by atoms with Crippen molar-refractivity contribution in [3.8, 4) is 0 Å². The first-order chi connectivity index (χ1) is 14.3. The zero-order chi connectivity index (χ0) is 20.3. The Balaban J connectivity index is 1.51. The van der Waals surface area contributed by atoms with Gasteiger partial charge in [-0.15, -0.1) is 0 Å². The summed E-state index contributed by atoms with van der Waals surface area (Å²) in [7, 11) is 0. The second kappa shape index (κ2) is 12.3. The van der Waals surface area contributed by atoms with E-state index in [1.54, 1.807) is 0 Å². The number of rotatable bonds is 11. The lowest BCUT2D eigenvalue weighted by molar-refractivity contribution is 0.0203. The van der Waals surface area contributed by atoms with Crippen LogP contribution in [0.25, 0.3) is 0 Å². The third-order valence-corrected chi connectivity index (χ3v) is 5.48. The normalized spacial score (nSPS) is 16.8. The zero-order valence-electron chi connectivity index (χ0n) is 16.9. The predicted octanol–water partition coefficient (Wildman–Crippen LogP) is 3.07. The highest BCUT2D eigenvalue weighted by Gasteiger charge is 2.26. The maximum Gasteiger partial charge on any atom is 0.0701 e. The Morgan fingerprint density at radius 1 is 0.793 bits per heavy atom. The van der Waals surface area contributed by atoms with E-state index in [4.69, 9.17) is 26.2 Å². The summed E-state index contributed by atoms with van der Waals surface area (Å²) >= 11 is 6.11. The van der Waals surface area contributed by atoms with E-state index < -0.39 is 0 Å². The van der Waals surface area contributed by atoms with Crippen molar-refractivity contribution < 1.29 is 14.6 Å². The Kier molecular flexibility index (Phi) is 9.41. The van der Waals surface area contributed by atoms with E-state index in [2.05, 4.69) is 52.3 Å². The van der Waals surface area contributed by atoms with Gasteiger partial charge in [0.15, 0.2) is 0 Å². The van der Waals surface area contributed by atoms with Crippen molar-refractivity contribution in [3.05, 3.63) is 70.7 Å². The molecular formula is C23H31ClN2O3. The quantitative estimate of drug-likeness (QED) is 0.568. The molecule has 0 bridgehead atoms. The summed E-state index contributed by atoms with van der Waals surface area (Å²) in [6.07, 6.45) is 0. The molecule has 1 unspecified atom stereocenters. The first-order valence-electron chi connectivity index (χ1n) is 10.3. The Hall–Kier alpha value is -1.47. The number of piperazine rings is 1. The monoisotopic (exact) mass is 418 g/mol. The molecule has 29 heavy (non-hydrogen) atoms. The largest absolute Gasteiger partial charge is 0.394 e. The van der Waals surface area contributed by atoms with E-state index in [1.807, 2.05) is 12.1 Å². The molecule has 1 aliphatic rings. The standard InChI is InChI=1S/C23H31ClN2O3/c24-22-8-6-21(7-9-22)23(20-4-2-1-3-5-20)26-12-10-25(11-13-26)14-16-28-18-19-29-17-15-27/h1-9,23,27H,10-19H2. The molecule has 0 aromatic heterocycles. The smallest absolute Gasteiger partial charge is 0.0701 e. The van der Waals surface area contributed by atoms with Crippen LogP contribution in [0.2, 0.25) is 5.02 Å². The van der Waals surface area contributed by atoms with Crippen LogP contribution in [0.4, 0.5) is 0 Å². The second-order valence-electron chi connectivity index (χ2n) is 7.19. The van der Waals surface area contributed by atoms with Crippen LogP contribution in [0.5, 0.6) is 0 Å². The number of aliphatic hydroxyl groups is 1. The third kappa shape index (κ3) is 7.07. The summed E-state index contributed by atoms with van der Waals surface area (Å²) in [5.41, 5.74) is 2.59.